The number of nitrogens with zero attached hydrogens (tertiary/aromatic N) is 3. The molecule has 3 heterocycles. The lowest BCUT2D eigenvalue weighted by Gasteiger charge is -2.31. The highest BCUT2D eigenvalue weighted by Gasteiger charge is 2.57. The first kappa shape index (κ1) is 30.3. The van der Waals surface area contributed by atoms with E-state index in [0.29, 0.717) is 10.9 Å². The Morgan fingerprint density at radius 1 is 1.22 bits per heavy atom. The van der Waals surface area contributed by atoms with Crippen LogP contribution in [0.3, 0.4) is 0 Å². The van der Waals surface area contributed by atoms with Gasteiger partial charge in [-0.05, 0) is 68.7 Å². The number of aromatic nitrogens is 3. The molecule has 1 aliphatic heterocycles. The number of halogens is 4. The van der Waals surface area contributed by atoms with Crippen LogP contribution >= 0.6 is 0 Å². The lowest BCUT2D eigenvalue weighted by Crippen LogP contribution is -2.51. The Kier molecular flexibility index (Phi) is 7.03. The summed E-state index contributed by atoms with van der Waals surface area (Å²) in [6.07, 6.45) is -1.69. The number of alkyl halides is 3. The predicted molar refractivity (Wildman–Crippen MR) is 153 cm³/mol. The van der Waals surface area contributed by atoms with Crippen LogP contribution < -0.4 is 20.5 Å². The highest BCUT2D eigenvalue weighted by Crippen LogP contribution is 2.48. The second-order valence-electron chi connectivity index (χ2n) is 11.7. The van der Waals surface area contributed by atoms with Crippen molar-refractivity contribution in [1.29, 1.82) is 0 Å². The molecule has 1 unspecified atom stereocenters. The van der Waals surface area contributed by atoms with Crippen LogP contribution in [-0.4, -0.2) is 58.1 Å². The number of benzene rings is 2. The number of hydrogen-bond donors (Lipinski definition) is 3. The van der Waals surface area contributed by atoms with Gasteiger partial charge >= 0.3 is 6.18 Å². The number of hydrogen-bond acceptors (Lipinski definition) is 7. The van der Waals surface area contributed by atoms with Crippen molar-refractivity contribution in [2.45, 2.75) is 49.9 Å². The Morgan fingerprint density at radius 2 is 1.96 bits per heavy atom. The topological polar surface area (TPSA) is 142 Å². The van der Waals surface area contributed by atoms with Gasteiger partial charge in [0, 0.05) is 28.3 Å². The fourth-order valence-corrected chi connectivity index (χ4v) is 5.37. The largest absolute Gasteiger partial charge is 0.494 e. The molecule has 14 heteroatoms. The maximum absolute atomic E-state index is 14.8. The summed E-state index contributed by atoms with van der Waals surface area (Å²) in [6, 6.07) is 7.75. The van der Waals surface area contributed by atoms with Crippen molar-refractivity contribution in [3.63, 3.8) is 0 Å². The summed E-state index contributed by atoms with van der Waals surface area (Å²) < 4.78 is 71.2. The number of nitrogens with two attached hydrogens (primary N) is 1. The van der Waals surface area contributed by atoms with Gasteiger partial charge in [-0.25, -0.2) is 9.37 Å². The van der Waals surface area contributed by atoms with Gasteiger partial charge < -0.3 is 25.6 Å². The number of rotatable bonds is 8. The molecule has 236 valence electrons. The predicted octanol–water partition coefficient (Wildman–Crippen LogP) is 4.20. The number of primary amides is 1. The van der Waals surface area contributed by atoms with Gasteiger partial charge in [0.2, 0.25) is 11.5 Å². The van der Waals surface area contributed by atoms with Crippen LogP contribution in [-0.2, 0) is 15.8 Å². The van der Waals surface area contributed by atoms with E-state index >= 15 is 0 Å². The van der Waals surface area contributed by atoms with E-state index in [1.165, 1.54) is 45.2 Å². The number of aryl methyl sites for hydroxylation is 1. The molecule has 0 saturated heterocycles. The molecule has 0 spiro atoms. The third-order valence-corrected chi connectivity index (χ3v) is 8.44. The Bertz CT molecular complexity index is 1870. The number of pyridine rings is 1. The number of aliphatic hydroxyl groups is 1. The molecule has 2 aromatic heterocycles. The molecule has 0 radical (unpaired) electrons. The number of carbonyl (C=O) groups excluding carboxylic acids is 2. The molecule has 10 nitrogen and oxygen atoms in total. The minimum atomic E-state index is -5.35. The van der Waals surface area contributed by atoms with E-state index in [4.69, 9.17) is 15.2 Å². The van der Waals surface area contributed by atoms with E-state index in [2.05, 4.69) is 15.4 Å². The van der Waals surface area contributed by atoms with E-state index in [1.807, 2.05) is 0 Å². The maximum Gasteiger partial charge on any atom is 0.424 e. The van der Waals surface area contributed by atoms with Gasteiger partial charge in [0.25, 0.3) is 5.91 Å². The quantitative estimate of drug-likeness (QED) is 0.249. The third kappa shape index (κ3) is 5.02. The van der Waals surface area contributed by atoms with E-state index in [-0.39, 0.29) is 52.1 Å². The Hall–Kier alpha value is -4.72. The van der Waals surface area contributed by atoms with Crippen LogP contribution in [0.25, 0.3) is 22.2 Å². The zero-order valence-corrected chi connectivity index (χ0v) is 24.5. The van der Waals surface area contributed by atoms with Gasteiger partial charge in [-0.1, -0.05) is 0 Å². The zero-order chi connectivity index (χ0) is 32.5. The van der Waals surface area contributed by atoms with E-state index < -0.39 is 47.1 Å². The molecular formula is C31H29F4N5O5. The second-order valence-corrected chi connectivity index (χ2v) is 11.7. The minimum Gasteiger partial charge on any atom is -0.494 e. The number of methoxy groups -OCH3 is 1. The first-order chi connectivity index (χ1) is 21.2. The molecule has 4 N–H and O–H groups in total. The van der Waals surface area contributed by atoms with Gasteiger partial charge in [-0.2, -0.15) is 18.3 Å². The average Bonchev–Trinajstić information content (AvgIpc) is 3.66. The van der Waals surface area contributed by atoms with Crippen molar-refractivity contribution in [3.8, 4) is 22.8 Å². The zero-order valence-electron chi connectivity index (χ0n) is 24.5. The van der Waals surface area contributed by atoms with Crippen molar-refractivity contribution < 1.29 is 41.7 Å². The molecule has 2 atom stereocenters. The fraction of sp³-hybridized carbons (Fsp3) is 0.355. The van der Waals surface area contributed by atoms with Crippen molar-refractivity contribution >= 4 is 22.7 Å². The number of fused-ring (bicyclic) bond motifs is 2. The summed E-state index contributed by atoms with van der Waals surface area (Å²) in [5.74, 6) is -2.12. The smallest absolute Gasteiger partial charge is 0.424 e. The highest BCUT2D eigenvalue weighted by molar-refractivity contribution is 6.00. The number of amides is 2. The van der Waals surface area contributed by atoms with Crippen LogP contribution in [0.1, 0.15) is 53.0 Å². The fourth-order valence-electron chi connectivity index (χ4n) is 5.37. The van der Waals surface area contributed by atoms with Crippen molar-refractivity contribution in [3.05, 3.63) is 70.8 Å². The molecule has 1 aliphatic carbocycles. The van der Waals surface area contributed by atoms with E-state index in [1.54, 1.807) is 10.9 Å². The monoisotopic (exact) mass is 627 g/mol. The highest BCUT2D eigenvalue weighted by atomic mass is 19.4. The lowest BCUT2D eigenvalue weighted by molar-refractivity contribution is -0.265. The number of ether oxygens (including phenoxy) is 2. The lowest BCUT2D eigenvalue weighted by atomic mass is 9.81. The Balaban J connectivity index is 1.41. The second kappa shape index (κ2) is 10.4. The van der Waals surface area contributed by atoms with E-state index in [9.17, 15) is 32.3 Å². The summed E-state index contributed by atoms with van der Waals surface area (Å²) in [7, 11) is 1.39. The number of carbonyl (C=O) groups is 2. The van der Waals surface area contributed by atoms with Crippen LogP contribution in [0.2, 0.25) is 0 Å². The molecule has 1 fully saturated rings. The first-order valence-electron chi connectivity index (χ1n) is 14.1. The van der Waals surface area contributed by atoms with Gasteiger partial charge in [0.05, 0.1) is 25.4 Å². The summed E-state index contributed by atoms with van der Waals surface area (Å²) in [4.78, 5) is 29.8. The van der Waals surface area contributed by atoms with E-state index in [0.717, 1.165) is 25.0 Å². The van der Waals surface area contributed by atoms with Gasteiger partial charge in [-0.15, -0.1) is 0 Å². The maximum atomic E-state index is 14.8. The molecule has 2 aliphatic rings. The van der Waals surface area contributed by atoms with Crippen LogP contribution in [0.4, 0.5) is 17.6 Å². The van der Waals surface area contributed by atoms with Gasteiger partial charge in [0.1, 0.15) is 40.5 Å². The van der Waals surface area contributed by atoms with Crippen LogP contribution in [0.5, 0.6) is 11.5 Å². The Morgan fingerprint density at radius 3 is 2.58 bits per heavy atom. The average molecular weight is 628 g/mol. The molecular weight excluding hydrogens is 598 g/mol. The van der Waals surface area contributed by atoms with Crippen molar-refractivity contribution in [2.24, 2.45) is 5.73 Å². The summed E-state index contributed by atoms with van der Waals surface area (Å²) in [5.41, 5.74) is 0.0663. The van der Waals surface area contributed by atoms with Crippen LogP contribution in [0.15, 0.2) is 42.6 Å². The molecule has 0 bridgehead atoms. The molecule has 2 amide bonds. The standard InChI is InChI=1S/C31H29F4N5O5/c1-15-8-16(4-7-21(15)32)25-26-20(29(2,14-45-26)28(36)42)11-23(38-25)30(43,31(33,34)35)13-37-27(41)17-9-18-12-40(19-5-6-19)39-24(18)22(10-17)44-3/h4,7-12,19,43H,5-6,13-14H2,1-3H3,(H2,36,42)(H,37,41)/t29-,30?/m0/s1. The molecule has 2 aromatic carbocycles. The molecule has 45 heavy (non-hydrogen) atoms. The minimum absolute atomic E-state index is 0.0155. The molecule has 6 rings (SSSR count). The number of nitrogens with one attached hydrogen (secondary N) is 1. The van der Waals surface area contributed by atoms with Crippen molar-refractivity contribution in [1.82, 2.24) is 20.1 Å². The van der Waals surface area contributed by atoms with Gasteiger partial charge in [-0.3, -0.25) is 14.3 Å². The first-order valence-corrected chi connectivity index (χ1v) is 14.1. The Labute approximate surface area is 254 Å². The molecule has 4 aromatic rings. The summed E-state index contributed by atoms with van der Waals surface area (Å²) in [6.45, 7) is 1.23. The normalized spacial score (nSPS) is 19.1. The SMILES string of the molecule is COc1cc(C(=O)NCC(O)(c2cc3c(c(-c4ccc(F)c(C)c4)n2)OC[C@]3(C)C(N)=O)C(F)(F)F)cc2cn(C3CC3)nc12. The van der Waals surface area contributed by atoms with Crippen molar-refractivity contribution in [2.75, 3.05) is 20.3 Å². The summed E-state index contributed by atoms with van der Waals surface area (Å²) in [5, 5.41) is 18.6. The van der Waals surface area contributed by atoms with Crippen LogP contribution in [0, 0.1) is 12.7 Å². The third-order valence-electron chi connectivity index (χ3n) is 8.44. The molecule has 1 saturated carbocycles. The van der Waals surface area contributed by atoms with Gasteiger partial charge in [0.15, 0.2) is 0 Å². The summed E-state index contributed by atoms with van der Waals surface area (Å²) >= 11 is 0.